The van der Waals surface area contributed by atoms with E-state index in [1.54, 1.807) is 16.7 Å². The number of nitrogens with zero attached hydrogens (tertiary/aromatic N) is 3. The molecule has 1 N–H and O–H groups in total. The van der Waals surface area contributed by atoms with Crippen molar-refractivity contribution in [2.75, 3.05) is 5.75 Å². The summed E-state index contributed by atoms with van der Waals surface area (Å²) in [6.07, 6.45) is 0. The predicted octanol–water partition coefficient (Wildman–Crippen LogP) is 5.69. The summed E-state index contributed by atoms with van der Waals surface area (Å²) in [5.41, 5.74) is 7.61. The number of nitrogens with one attached hydrogen (secondary N) is 1. The summed E-state index contributed by atoms with van der Waals surface area (Å²) in [6, 6.07) is 34.7. The molecule has 4 aromatic carbocycles. The summed E-state index contributed by atoms with van der Waals surface area (Å²) in [4.78, 5) is 30.6. The maximum atomic E-state index is 13.3. The lowest BCUT2D eigenvalue weighted by molar-refractivity contribution is -0.118. The van der Waals surface area contributed by atoms with E-state index in [9.17, 15) is 9.59 Å². The van der Waals surface area contributed by atoms with Crippen molar-refractivity contribution < 1.29 is 4.79 Å². The molecule has 5 aromatic rings. The van der Waals surface area contributed by atoms with E-state index in [0.29, 0.717) is 27.5 Å². The normalized spacial score (nSPS) is 11.4. The molecule has 0 saturated carbocycles. The van der Waals surface area contributed by atoms with Gasteiger partial charge < -0.3 is 0 Å². The van der Waals surface area contributed by atoms with Gasteiger partial charge >= 0.3 is 0 Å². The Labute approximate surface area is 218 Å². The topological polar surface area (TPSA) is 76.3 Å². The molecule has 0 fully saturated rings. The van der Waals surface area contributed by atoms with Crippen LogP contribution in [0.25, 0.3) is 27.7 Å². The third-order valence-corrected chi connectivity index (χ3v) is 6.79. The third-order valence-electron chi connectivity index (χ3n) is 5.85. The Morgan fingerprint density at radius 1 is 0.838 bits per heavy atom. The van der Waals surface area contributed by atoms with Crippen molar-refractivity contribution in [2.45, 2.75) is 12.1 Å². The van der Waals surface area contributed by atoms with Crippen LogP contribution in [0.15, 0.2) is 124 Å². The zero-order valence-corrected chi connectivity index (χ0v) is 21.0. The summed E-state index contributed by atoms with van der Waals surface area (Å²) in [5, 5.41) is 5.25. The van der Waals surface area contributed by atoms with E-state index in [1.165, 1.54) is 11.8 Å². The Hall–Kier alpha value is -4.49. The number of carbonyl (C=O) groups is 1. The highest BCUT2D eigenvalue weighted by molar-refractivity contribution is 7.99. The number of fused-ring (bicyclic) bond motifs is 1. The van der Waals surface area contributed by atoms with Gasteiger partial charge in [-0.25, -0.2) is 10.4 Å². The monoisotopic (exact) mass is 504 g/mol. The van der Waals surface area contributed by atoms with Crippen LogP contribution in [0.5, 0.6) is 0 Å². The molecule has 0 aliphatic heterocycles. The number of thioether (sulfide) groups is 1. The molecule has 0 unspecified atom stereocenters. The molecule has 182 valence electrons. The SMILES string of the molecule is C/C(=N/NC(=O)CSc1nc2ccccc2c(=O)n1-c1ccccc1)c1ccc(-c2ccccc2)cc1. The molecule has 6 nitrogen and oxygen atoms in total. The largest absolute Gasteiger partial charge is 0.272 e. The number of carbonyl (C=O) groups excluding carboxylic acids is 1. The average Bonchev–Trinajstić information content (AvgIpc) is 2.96. The first-order valence-electron chi connectivity index (χ1n) is 11.8. The van der Waals surface area contributed by atoms with Gasteiger partial charge in [-0.15, -0.1) is 0 Å². The van der Waals surface area contributed by atoms with Crippen LogP contribution < -0.4 is 11.0 Å². The van der Waals surface area contributed by atoms with Crippen LogP contribution in [-0.2, 0) is 4.79 Å². The molecule has 0 radical (unpaired) electrons. The van der Waals surface area contributed by atoms with Gasteiger partial charge in [0.25, 0.3) is 11.5 Å². The molecule has 1 heterocycles. The van der Waals surface area contributed by atoms with Gasteiger partial charge in [-0.1, -0.05) is 96.7 Å². The molecule has 0 saturated heterocycles. The van der Waals surface area contributed by atoms with Crippen LogP contribution in [0.4, 0.5) is 0 Å². The maximum Gasteiger partial charge on any atom is 0.266 e. The van der Waals surface area contributed by atoms with Crippen molar-refractivity contribution in [2.24, 2.45) is 5.10 Å². The lowest BCUT2D eigenvalue weighted by Gasteiger charge is -2.13. The smallest absolute Gasteiger partial charge is 0.266 e. The molecule has 0 atom stereocenters. The lowest BCUT2D eigenvalue weighted by atomic mass is 10.0. The maximum absolute atomic E-state index is 13.3. The predicted molar refractivity (Wildman–Crippen MR) is 150 cm³/mol. The van der Waals surface area contributed by atoms with Crippen molar-refractivity contribution in [3.63, 3.8) is 0 Å². The van der Waals surface area contributed by atoms with Gasteiger partial charge in [0.1, 0.15) is 0 Å². The Balaban J connectivity index is 1.30. The van der Waals surface area contributed by atoms with E-state index in [-0.39, 0.29) is 17.2 Å². The van der Waals surface area contributed by atoms with Gasteiger partial charge in [-0.2, -0.15) is 5.10 Å². The van der Waals surface area contributed by atoms with Crippen LogP contribution in [0.1, 0.15) is 12.5 Å². The molecule has 7 heteroatoms. The second kappa shape index (κ2) is 11.1. The number of hydrazone groups is 1. The van der Waals surface area contributed by atoms with E-state index in [2.05, 4.69) is 27.6 Å². The second-order valence-electron chi connectivity index (χ2n) is 8.35. The fourth-order valence-electron chi connectivity index (χ4n) is 3.92. The van der Waals surface area contributed by atoms with Crippen LogP contribution in [0.2, 0.25) is 0 Å². The molecule has 0 spiro atoms. The number of rotatable bonds is 7. The van der Waals surface area contributed by atoms with Gasteiger partial charge in [0, 0.05) is 0 Å². The molecule has 0 aliphatic rings. The van der Waals surface area contributed by atoms with Crippen molar-refractivity contribution in [3.05, 3.63) is 125 Å². The first-order valence-corrected chi connectivity index (χ1v) is 12.8. The van der Waals surface area contributed by atoms with Gasteiger partial charge in [-0.3, -0.25) is 14.2 Å². The number of hydrogen-bond acceptors (Lipinski definition) is 5. The van der Waals surface area contributed by atoms with Gasteiger partial charge in [-0.05, 0) is 47.9 Å². The first-order chi connectivity index (χ1) is 18.1. The van der Waals surface area contributed by atoms with Crippen molar-refractivity contribution >= 4 is 34.3 Å². The minimum Gasteiger partial charge on any atom is -0.272 e. The zero-order chi connectivity index (χ0) is 25.6. The minimum absolute atomic E-state index is 0.0569. The fraction of sp³-hybridized carbons (Fsp3) is 0.0667. The lowest BCUT2D eigenvalue weighted by Crippen LogP contribution is -2.24. The van der Waals surface area contributed by atoms with Crippen LogP contribution in [-0.4, -0.2) is 26.9 Å². The van der Waals surface area contributed by atoms with E-state index in [0.717, 1.165) is 16.7 Å². The number of hydrogen-bond donors (Lipinski definition) is 1. The highest BCUT2D eigenvalue weighted by atomic mass is 32.2. The molecule has 37 heavy (non-hydrogen) atoms. The minimum atomic E-state index is -0.285. The molecular weight excluding hydrogens is 480 g/mol. The Morgan fingerprint density at radius 3 is 2.19 bits per heavy atom. The summed E-state index contributed by atoms with van der Waals surface area (Å²) in [5.74, 6) is -0.228. The highest BCUT2D eigenvalue weighted by Crippen LogP contribution is 2.22. The summed E-state index contributed by atoms with van der Waals surface area (Å²) < 4.78 is 1.54. The van der Waals surface area contributed by atoms with Crippen LogP contribution >= 0.6 is 11.8 Å². The van der Waals surface area contributed by atoms with Crippen molar-refractivity contribution in [3.8, 4) is 16.8 Å². The zero-order valence-electron chi connectivity index (χ0n) is 20.2. The fourth-order valence-corrected chi connectivity index (χ4v) is 4.73. The van der Waals surface area contributed by atoms with Crippen LogP contribution in [0, 0.1) is 0 Å². The van der Waals surface area contributed by atoms with Gasteiger partial charge in [0.15, 0.2) is 5.16 Å². The number of benzene rings is 4. The number of aromatic nitrogens is 2. The first kappa shape index (κ1) is 24.2. The molecule has 1 aromatic heterocycles. The molecular formula is C30H24N4O2S. The summed E-state index contributed by atoms with van der Waals surface area (Å²) in [6.45, 7) is 1.85. The molecule has 0 aliphatic carbocycles. The quantitative estimate of drug-likeness (QED) is 0.134. The van der Waals surface area contributed by atoms with E-state index in [4.69, 9.17) is 0 Å². The van der Waals surface area contributed by atoms with Gasteiger partial charge in [0.2, 0.25) is 0 Å². The second-order valence-corrected chi connectivity index (χ2v) is 9.29. The summed E-state index contributed by atoms with van der Waals surface area (Å²) in [7, 11) is 0. The summed E-state index contributed by atoms with van der Waals surface area (Å²) >= 11 is 1.20. The van der Waals surface area contributed by atoms with E-state index >= 15 is 0 Å². The molecule has 0 bridgehead atoms. The standard InChI is InChI=1S/C30H24N4O2S/c1-21(22-16-18-24(19-17-22)23-10-4-2-5-11-23)32-33-28(35)20-37-30-31-27-15-9-8-14-26(27)29(36)34(30)25-12-6-3-7-13-25/h2-19H,20H2,1H3,(H,33,35)/b32-21-. The van der Waals surface area contributed by atoms with E-state index in [1.807, 2.05) is 91.9 Å². The Kier molecular flexibility index (Phi) is 7.23. The Bertz CT molecular complexity index is 1630. The molecule has 5 rings (SSSR count). The third kappa shape index (κ3) is 5.52. The number of amides is 1. The number of para-hydroxylation sites is 2. The van der Waals surface area contributed by atoms with Gasteiger partial charge in [0.05, 0.1) is 28.1 Å². The van der Waals surface area contributed by atoms with Crippen LogP contribution in [0.3, 0.4) is 0 Å². The average molecular weight is 505 g/mol. The Morgan fingerprint density at radius 2 is 1.46 bits per heavy atom. The van der Waals surface area contributed by atoms with E-state index < -0.39 is 0 Å². The molecule has 1 amide bonds. The van der Waals surface area contributed by atoms with Crippen molar-refractivity contribution in [1.29, 1.82) is 0 Å². The van der Waals surface area contributed by atoms with Crippen molar-refractivity contribution in [1.82, 2.24) is 15.0 Å². The highest BCUT2D eigenvalue weighted by Gasteiger charge is 2.14.